The standard InChI is InChI=1S/C19H11BrF4N2O3/c20-14-5-3-10(21)8-12(14)17(27)26-15-6-4-11(9-13(15)19(22,23)24)25-18(28)16-2-1-7-29-16/h1-9H,(H,25,28)(H,26,27). The molecule has 0 spiro atoms. The van der Waals surface area contributed by atoms with Gasteiger partial charge >= 0.3 is 6.18 Å². The predicted molar refractivity (Wildman–Crippen MR) is 100 cm³/mol. The Labute approximate surface area is 169 Å². The average molecular weight is 471 g/mol. The average Bonchev–Trinajstić information content (AvgIpc) is 3.19. The molecule has 0 aliphatic rings. The molecule has 5 nitrogen and oxygen atoms in total. The van der Waals surface area contributed by atoms with E-state index in [2.05, 4.69) is 26.6 Å². The molecule has 10 heteroatoms. The van der Waals surface area contributed by atoms with Crippen LogP contribution in [-0.4, -0.2) is 11.8 Å². The summed E-state index contributed by atoms with van der Waals surface area (Å²) in [6.45, 7) is 0. The summed E-state index contributed by atoms with van der Waals surface area (Å²) in [5.41, 5.74) is -2.05. The van der Waals surface area contributed by atoms with Gasteiger partial charge in [-0.05, 0) is 64.5 Å². The van der Waals surface area contributed by atoms with Gasteiger partial charge < -0.3 is 15.1 Å². The number of alkyl halides is 3. The predicted octanol–water partition coefficient (Wildman–Crippen LogP) is 5.70. The summed E-state index contributed by atoms with van der Waals surface area (Å²) in [4.78, 5) is 24.3. The van der Waals surface area contributed by atoms with Crippen LogP contribution in [0.5, 0.6) is 0 Å². The minimum absolute atomic E-state index is 0.0770. The summed E-state index contributed by atoms with van der Waals surface area (Å²) >= 11 is 3.05. The van der Waals surface area contributed by atoms with Gasteiger partial charge in [-0.15, -0.1) is 0 Å². The van der Waals surface area contributed by atoms with E-state index < -0.39 is 35.1 Å². The first-order chi connectivity index (χ1) is 13.6. The van der Waals surface area contributed by atoms with Crippen LogP contribution < -0.4 is 10.6 Å². The Kier molecular flexibility index (Phi) is 5.73. The molecule has 29 heavy (non-hydrogen) atoms. The molecule has 0 atom stereocenters. The summed E-state index contributed by atoms with van der Waals surface area (Å²) in [6, 6.07) is 8.92. The van der Waals surface area contributed by atoms with Gasteiger partial charge in [-0.3, -0.25) is 9.59 Å². The van der Waals surface area contributed by atoms with Gasteiger partial charge in [-0.25, -0.2) is 4.39 Å². The number of nitrogens with one attached hydrogen (secondary N) is 2. The zero-order valence-corrected chi connectivity index (χ0v) is 15.9. The maximum absolute atomic E-state index is 13.5. The van der Waals surface area contributed by atoms with Crippen molar-refractivity contribution in [2.45, 2.75) is 6.18 Å². The van der Waals surface area contributed by atoms with E-state index in [1.54, 1.807) is 0 Å². The van der Waals surface area contributed by atoms with Crippen LogP contribution in [0.25, 0.3) is 0 Å². The van der Waals surface area contributed by atoms with Crippen LogP contribution in [0.4, 0.5) is 28.9 Å². The van der Waals surface area contributed by atoms with Gasteiger partial charge in [0.1, 0.15) is 5.82 Å². The lowest BCUT2D eigenvalue weighted by atomic mass is 10.1. The van der Waals surface area contributed by atoms with E-state index in [9.17, 15) is 27.2 Å². The van der Waals surface area contributed by atoms with Crippen LogP contribution >= 0.6 is 15.9 Å². The summed E-state index contributed by atoms with van der Waals surface area (Å²) in [5.74, 6) is -2.46. The molecule has 2 amide bonds. The molecule has 2 N–H and O–H groups in total. The Hall–Kier alpha value is -3.14. The molecule has 0 bridgehead atoms. The van der Waals surface area contributed by atoms with Gasteiger partial charge in [0.05, 0.1) is 23.1 Å². The first-order valence-corrected chi connectivity index (χ1v) is 8.77. The van der Waals surface area contributed by atoms with E-state index in [1.807, 2.05) is 0 Å². The van der Waals surface area contributed by atoms with Crippen molar-refractivity contribution in [3.05, 3.63) is 82.0 Å². The fourth-order valence-corrected chi connectivity index (χ4v) is 2.85. The molecule has 150 valence electrons. The van der Waals surface area contributed by atoms with Gasteiger partial charge in [-0.1, -0.05) is 0 Å². The number of furan rings is 1. The van der Waals surface area contributed by atoms with Crippen molar-refractivity contribution in [2.75, 3.05) is 10.6 Å². The molecule has 0 unspecified atom stereocenters. The van der Waals surface area contributed by atoms with Gasteiger partial charge in [0.25, 0.3) is 11.8 Å². The number of carbonyl (C=O) groups is 2. The molecule has 1 heterocycles. The van der Waals surface area contributed by atoms with Gasteiger partial charge in [0, 0.05) is 10.2 Å². The highest BCUT2D eigenvalue weighted by Crippen LogP contribution is 2.37. The van der Waals surface area contributed by atoms with Crippen LogP contribution in [0, 0.1) is 5.82 Å². The van der Waals surface area contributed by atoms with E-state index in [0.29, 0.717) is 6.07 Å². The second kappa shape index (κ2) is 8.08. The monoisotopic (exact) mass is 470 g/mol. The van der Waals surface area contributed by atoms with Crippen LogP contribution in [0.15, 0.2) is 63.7 Å². The number of carbonyl (C=O) groups excluding carboxylic acids is 2. The lowest BCUT2D eigenvalue weighted by molar-refractivity contribution is -0.136. The molecule has 0 aliphatic heterocycles. The zero-order chi connectivity index (χ0) is 21.2. The van der Waals surface area contributed by atoms with Gasteiger partial charge in [0.15, 0.2) is 5.76 Å². The minimum atomic E-state index is -4.83. The fraction of sp³-hybridized carbons (Fsp3) is 0.0526. The lowest BCUT2D eigenvalue weighted by Crippen LogP contribution is -2.18. The quantitative estimate of drug-likeness (QED) is 0.480. The number of anilines is 2. The minimum Gasteiger partial charge on any atom is -0.459 e. The van der Waals surface area contributed by atoms with Gasteiger partial charge in [-0.2, -0.15) is 13.2 Å². The topological polar surface area (TPSA) is 71.3 Å². The summed E-state index contributed by atoms with van der Waals surface area (Å²) in [5, 5.41) is 4.41. The molecule has 0 radical (unpaired) electrons. The van der Waals surface area contributed by atoms with Crippen LogP contribution in [0.3, 0.4) is 0 Å². The molecular formula is C19H11BrF4N2O3. The Bertz CT molecular complexity index is 1070. The van der Waals surface area contributed by atoms with E-state index in [4.69, 9.17) is 4.42 Å². The van der Waals surface area contributed by atoms with Crippen molar-refractivity contribution >= 4 is 39.1 Å². The maximum atomic E-state index is 13.5. The molecule has 3 aromatic rings. The van der Waals surface area contributed by atoms with Crippen molar-refractivity contribution in [3.63, 3.8) is 0 Å². The zero-order valence-electron chi connectivity index (χ0n) is 14.3. The van der Waals surface area contributed by atoms with Crippen LogP contribution in [0.2, 0.25) is 0 Å². The second-order valence-electron chi connectivity index (χ2n) is 5.77. The number of hydrogen-bond donors (Lipinski definition) is 2. The third-order valence-corrected chi connectivity index (χ3v) is 4.44. The number of hydrogen-bond acceptors (Lipinski definition) is 3. The first kappa shape index (κ1) is 20.6. The maximum Gasteiger partial charge on any atom is 0.418 e. The van der Waals surface area contributed by atoms with Crippen molar-refractivity contribution < 1.29 is 31.6 Å². The largest absolute Gasteiger partial charge is 0.459 e. The van der Waals surface area contributed by atoms with Gasteiger partial charge in [0.2, 0.25) is 0 Å². The van der Waals surface area contributed by atoms with E-state index in [-0.39, 0.29) is 21.5 Å². The summed E-state index contributed by atoms with van der Waals surface area (Å²) < 4.78 is 58.9. The third-order valence-electron chi connectivity index (χ3n) is 3.75. The molecular weight excluding hydrogens is 460 g/mol. The third kappa shape index (κ3) is 4.83. The number of halogens is 5. The Morgan fingerprint density at radius 2 is 1.72 bits per heavy atom. The van der Waals surface area contributed by atoms with E-state index >= 15 is 0 Å². The lowest BCUT2D eigenvalue weighted by Gasteiger charge is -2.16. The Morgan fingerprint density at radius 3 is 2.38 bits per heavy atom. The molecule has 0 saturated heterocycles. The molecule has 3 rings (SSSR count). The number of amides is 2. The molecule has 2 aromatic carbocycles. The van der Waals surface area contributed by atoms with E-state index in [1.165, 1.54) is 30.5 Å². The molecule has 1 aromatic heterocycles. The Morgan fingerprint density at radius 1 is 0.966 bits per heavy atom. The molecule has 0 aliphatic carbocycles. The summed E-state index contributed by atoms with van der Waals surface area (Å²) in [6.07, 6.45) is -3.58. The number of benzene rings is 2. The highest BCUT2D eigenvalue weighted by Gasteiger charge is 2.34. The number of rotatable bonds is 4. The van der Waals surface area contributed by atoms with Crippen molar-refractivity contribution in [1.82, 2.24) is 0 Å². The van der Waals surface area contributed by atoms with Crippen LogP contribution in [-0.2, 0) is 6.18 Å². The Balaban J connectivity index is 1.89. The fourth-order valence-electron chi connectivity index (χ4n) is 2.43. The van der Waals surface area contributed by atoms with Crippen LogP contribution in [0.1, 0.15) is 26.5 Å². The second-order valence-corrected chi connectivity index (χ2v) is 6.62. The molecule has 0 saturated carbocycles. The highest BCUT2D eigenvalue weighted by molar-refractivity contribution is 9.10. The van der Waals surface area contributed by atoms with E-state index in [0.717, 1.165) is 18.2 Å². The van der Waals surface area contributed by atoms with Crippen molar-refractivity contribution in [1.29, 1.82) is 0 Å². The van der Waals surface area contributed by atoms with Crippen molar-refractivity contribution in [2.24, 2.45) is 0 Å². The smallest absolute Gasteiger partial charge is 0.418 e. The molecule has 0 fully saturated rings. The summed E-state index contributed by atoms with van der Waals surface area (Å²) in [7, 11) is 0. The van der Waals surface area contributed by atoms with Crippen molar-refractivity contribution in [3.8, 4) is 0 Å². The SMILES string of the molecule is O=C(Nc1ccc(NC(=O)c2cc(F)ccc2Br)c(C(F)(F)F)c1)c1ccco1. The first-order valence-electron chi connectivity index (χ1n) is 7.97. The normalized spacial score (nSPS) is 11.2. The highest BCUT2D eigenvalue weighted by atomic mass is 79.9.